The van der Waals surface area contributed by atoms with Crippen molar-refractivity contribution in [3.63, 3.8) is 0 Å². The third-order valence-corrected chi connectivity index (χ3v) is 2.51. The molecule has 1 aromatic carbocycles. The highest BCUT2D eigenvalue weighted by Gasteiger charge is 2.22. The molecule has 1 atom stereocenters. The Morgan fingerprint density at radius 1 is 1.43 bits per heavy atom. The van der Waals surface area contributed by atoms with Crippen LogP contribution in [-0.2, 0) is 5.54 Å². The van der Waals surface area contributed by atoms with E-state index in [0.717, 1.165) is 11.1 Å². The Kier molecular flexibility index (Phi) is 3.13. The first kappa shape index (κ1) is 11.0. The minimum absolute atomic E-state index is 0.0846. The zero-order valence-corrected chi connectivity index (χ0v) is 8.75. The van der Waals surface area contributed by atoms with E-state index in [4.69, 9.17) is 16.6 Å². The van der Waals surface area contributed by atoms with Crippen LogP contribution in [0.25, 0.3) is 0 Å². The molecule has 0 bridgehead atoms. The molecule has 0 aliphatic rings. The van der Waals surface area contributed by atoms with E-state index < -0.39 is 5.54 Å². The summed E-state index contributed by atoms with van der Waals surface area (Å²) >= 11 is 0. The molecule has 5 N–H and O–H groups in total. The van der Waals surface area contributed by atoms with Crippen LogP contribution in [0.3, 0.4) is 0 Å². The summed E-state index contributed by atoms with van der Waals surface area (Å²) in [6.45, 7) is 3.99. The molecular formula is C11H18N2O. The highest BCUT2D eigenvalue weighted by Crippen LogP contribution is 2.26. The minimum atomic E-state index is -0.506. The Bertz CT molecular complexity index is 321. The van der Waals surface area contributed by atoms with E-state index in [1.807, 2.05) is 32.0 Å². The average Bonchev–Trinajstić information content (AvgIpc) is 2.09. The van der Waals surface area contributed by atoms with Gasteiger partial charge >= 0.3 is 0 Å². The van der Waals surface area contributed by atoms with E-state index in [9.17, 15) is 0 Å². The van der Waals surface area contributed by atoms with Crippen LogP contribution in [0.15, 0.2) is 18.2 Å². The van der Waals surface area contributed by atoms with Gasteiger partial charge in [0.25, 0.3) is 0 Å². The second-order valence-corrected chi connectivity index (χ2v) is 3.97. The van der Waals surface area contributed by atoms with Crippen molar-refractivity contribution in [2.24, 2.45) is 5.73 Å². The number of aryl methyl sites for hydroxylation is 1. The summed E-state index contributed by atoms with van der Waals surface area (Å²) in [6.07, 6.45) is 0.539. The van der Waals surface area contributed by atoms with Gasteiger partial charge in [-0.3, -0.25) is 0 Å². The van der Waals surface area contributed by atoms with Crippen LogP contribution in [0.4, 0.5) is 5.69 Å². The van der Waals surface area contributed by atoms with Crippen LogP contribution in [0, 0.1) is 6.92 Å². The number of benzene rings is 1. The largest absolute Gasteiger partial charge is 0.399 e. The molecule has 0 spiro atoms. The van der Waals surface area contributed by atoms with Crippen LogP contribution in [0.1, 0.15) is 24.5 Å². The third kappa shape index (κ3) is 2.25. The summed E-state index contributed by atoms with van der Waals surface area (Å²) in [6, 6.07) is 5.69. The van der Waals surface area contributed by atoms with Crippen molar-refractivity contribution in [1.29, 1.82) is 0 Å². The normalized spacial score (nSPS) is 15.1. The van der Waals surface area contributed by atoms with Crippen molar-refractivity contribution in [2.45, 2.75) is 25.8 Å². The van der Waals surface area contributed by atoms with Crippen molar-refractivity contribution >= 4 is 5.69 Å². The summed E-state index contributed by atoms with van der Waals surface area (Å²) in [5.74, 6) is 0. The predicted octanol–water partition coefficient (Wildman–Crippen LogP) is 1.13. The second-order valence-electron chi connectivity index (χ2n) is 3.97. The van der Waals surface area contributed by atoms with Crippen LogP contribution in [0.5, 0.6) is 0 Å². The standard InChI is InChI=1S/C11H18N2O/c1-8-3-4-9(12)7-10(8)11(2,13)5-6-14/h3-4,7,14H,5-6,12-13H2,1-2H3. The van der Waals surface area contributed by atoms with Crippen molar-refractivity contribution in [2.75, 3.05) is 12.3 Å². The molecule has 3 nitrogen and oxygen atoms in total. The number of hydrogen-bond acceptors (Lipinski definition) is 3. The molecule has 0 aliphatic carbocycles. The highest BCUT2D eigenvalue weighted by molar-refractivity contribution is 5.46. The number of aliphatic hydroxyl groups is 1. The second kappa shape index (κ2) is 3.98. The SMILES string of the molecule is Cc1ccc(N)cc1C(C)(N)CCO. The Hall–Kier alpha value is -1.06. The fourth-order valence-electron chi connectivity index (χ4n) is 1.62. The fraction of sp³-hybridized carbons (Fsp3) is 0.455. The minimum Gasteiger partial charge on any atom is -0.399 e. The molecule has 0 fully saturated rings. The lowest BCUT2D eigenvalue weighted by Crippen LogP contribution is -2.34. The molecule has 0 heterocycles. The molecule has 0 aromatic heterocycles. The fourth-order valence-corrected chi connectivity index (χ4v) is 1.62. The molecule has 3 heteroatoms. The number of nitrogen functional groups attached to an aromatic ring is 1. The molecule has 1 unspecified atom stereocenters. The summed E-state index contributed by atoms with van der Waals surface area (Å²) in [5, 5.41) is 8.91. The molecule has 0 radical (unpaired) electrons. The van der Waals surface area contributed by atoms with Gasteiger partial charge in [-0.1, -0.05) is 6.07 Å². The van der Waals surface area contributed by atoms with E-state index in [0.29, 0.717) is 12.1 Å². The van der Waals surface area contributed by atoms with E-state index in [2.05, 4.69) is 0 Å². The van der Waals surface area contributed by atoms with Gasteiger partial charge in [0.2, 0.25) is 0 Å². The summed E-state index contributed by atoms with van der Waals surface area (Å²) in [7, 11) is 0. The van der Waals surface area contributed by atoms with Crippen LogP contribution in [0.2, 0.25) is 0 Å². The molecule has 0 aliphatic heterocycles. The van der Waals surface area contributed by atoms with Gasteiger partial charge < -0.3 is 16.6 Å². The number of nitrogens with two attached hydrogens (primary N) is 2. The zero-order chi connectivity index (χ0) is 10.8. The van der Waals surface area contributed by atoms with Crippen LogP contribution >= 0.6 is 0 Å². The molecule has 1 rings (SSSR count). The zero-order valence-electron chi connectivity index (χ0n) is 8.75. The molecule has 0 saturated carbocycles. The molecule has 78 valence electrons. The maximum atomic E-state index is 8.91. The number of hydrogen-bond donors (Lipinski definition) is 3. The summed E-state index contributed by atoms with van der Waals surface area (Å²) < 4.78 is 0. The van der Waals surface area contributed by atoms with Gasteiger partial charge in [-0.2, -0.15) is 0 Å². The van der Waals surface area contributed by atoms with Gasteiger partial charge in [0.1, 0.15) is 0 Å². The first-order valence-electron chi connectivity index (χ1n) is 4.74. The van der Waals surface area contributed by atoms with Gasteiger partial charge in [0.15, 0.2) is 0 Å². The predicted molar refractivity (Wildman–Crippen MR) is 58.8 cm³/mol. The summed E-state index contributed by atoms with van der Waals surface area (Å²) in [4.78, 5) is 0. The maximum absolute atomic E-state index is 8.91. The first-order chi connectivity index (χ1) is 6.47. The Labute approximate surface area is 84.7 Å². The van der Waals surface area contributed by atoms with Crippen LogP contribution < -0.4 is 11.5 Å². The summed E-state index contributed by atoms with van der Waals surface area (Å²) in [5.41, 5.74) is 14.1. The van der Waals surface area contributed by atoms with Crippen molar-refractivity contribution in [3.05, 3.63) is 29.3 Å². The lowest BCUT2D eigenvalue weighted by Gasteiger charge is -2.26. The lowest BCUT2D eigenvalue weighted by molar-refractivity contribution is 0.247. The van der Waals surface area contributed by atoms with Gasteiger partial charge in [0.05, 0.1) is 0 Å². The lowest BCUT2D eigenvalue weighted by atomic mass is 9.87. The smallest absolute Gasteiger partial charge is 0.0451 e. The maximum Gasteiger partial charge on any atom is 0.0451 e. The molecular weight excluding hydrogens is 176 g/mol. The van der Waals surface area contributed by atoms with E-state index in [1.165, 1.54) is 0 Å². The van der Waals surface area contributed by atoms with Crippen molar-refractivity contribution in [1.82, 2.24) is 0 Å². The van der Waals surface area contributed by atoms with Gasteiger partial charge in [-0.05, 0) is 43.5 Å². The highest BCUT2D eigenvalue weighted by atomic mass is 16.3. The number of rotatable bonds is 3. The van der Waals surface area contributed by atoms with E-state index >= 15 is 0 Å². The quantitative estimate of drug-likeness (QED) is 0.632. The Morgan fingerprint density at radius 3 is 2.64 bits per heavy atom. The monoisotopic (exact) mass is 194 g/mol. The first-order valence-corrected chi connectivity index (χ1v) is 4.74. The molecule has 0 amide bonds. The Balaban J connectivity index is 3.10. The molecule has 1 aromatic rings. The molecule has 0 saturated heterocycles. The number of anilines is 1. The average molecular weight is 194 g/mol. The Morgan fingerprint density at radius 2 is 2.07 bits per heavy atom. The van der Waals surface area contributed by atoms with Crippen LogP contribution in [-0.4, -0.2) is 11.7 Å². The van der Waals surface area contributed by atoms with Crippen molar-refractivity contribution in [3.8, 4) is 0 Å². The van der Waals surface area contributed by atoms with Gasteiger partial charge in [-0.15, -0.1) is 0 Å². The van der Waals surface area contributed by atoms with Crippen molar-refractivity contribution < 1.29 is 5.11 Å². The van der Waals surface area contributed by atoms with Gasteiger partial charge in [0, 0.05) is 17.8 Å². The number of aliphatic hydroxyl groups excluding tert-OH is 1. The van der Waals surface area contributed by atoms with Gasteiger partial charge in [-0.25, -0.2) is 0 Å². The third-order valence-electron chi connectivity index (χ3n) is 2.51. The van der Waals surface area contributed by atoms with E-state index in [-0.39, 0.29) is 6.61 Å². The topological polar surface area (TPSA) is 72.3 Å². The van der Waals surface area contributed by atoms with E-state index in [1.54, 1.807) is 0 Å². The molecule has 14 heavy (non-hydrogen) atoms.